The zero-order valence-electron chi connectivity index (χ0n) is 12.2. The SMILES string of the molecule is CC(C(=S)Nc1ccc(F)cc1)c1cccc2ccccc12. The maximum absolute atomic E-state index is 13.0. The smallest absolute Gasteiger partial charge is 0.123 e. The maximum Gasteiger partial charge on any atom is 0.123 e. The van der Waals surface area contributed by atoms with Crippen LogP contribution >= 0.6 is 12.2 Å². The maximum atomic E-state index is 13.0. The number of hydrogen-bond donors (Lipinski definition) is 1. The van der Waals surface area contributed by atoms with Gasteiger partial charge in [-0.05, 0) is 40.6 Å². The van der Waals surface area contributed by atoms with Crippen molar-refractivity contribution in [2.24, 2.45) is 0 Å². The Morgan fingerprint density at radius 3 is 2.41 bits per heavy atom. The summed E-state index contributed by atoms with van der Waals surface area (Å²) in [4.78, 5) is 0.725. The molecule has 110 valence electrons. The van der Waals surface area contributed by atoms with Crippen LogP contribution in [0.1, 0.15) is 18.4 Å². The Balaban J connectivity index is 1.87. The van der Waals surface area contributed by atoms with E-state index in [0.717, 1.165) is 10.7 Å². The van der Waals surface area contributed by atoms with Crippen LogP contribution in [0.2, 0.25) is 0 Å². The minimum Gasteiger partial charge on any atom is -0.350 e. The van der Waals surface area contributed by atoms with E-state index in [2.05, 4.69) is 42.6 Å². The molecule has 0 heterocycles. The van der Waals surface area contributed by atoms with Gasteiger partial charge in [0.15, 0.2) is 0 Å². The fraction of sp³-hybridized carbons (Fsp3) is 0.105. The second-order valence-electron chi connectivity index (χ2n) is 5.29. The average molecular weight is 309 g/mol. The van der Waals surface area contributed by atoms with Gasteiger partial charge in [-0.15, -0.1) is 0 Å². The van der Waals surface area contributed by atoms with Crippen molar-refractivity contribution < 1.29 is 4.39 Å². The summed E-state index contributed by atoms with van der Waals surface area (Å²) >= 11 is 5.53. The summed E-state index contributed by atoms with van der Waals surface area (Å²) in [5.74, 6) is -0.176. The van der Waals surface area contributed by atoms with Gasteiger partial charge in [0, 0.05) is 11.6 Å². The zero-order valence-corrected chi connectivity index (χ0v) is 13.0. The third kappa shape index (κ3) is 3.00. The lowest BCUT2D eigenvalue weighted by molar-refractivity contribution is 0.628. The summed E-state index contributed by atoms with van der Waals surface area (Å²) in [5.41, 5.74) is 2.00. The van der Waals surface area contributed by atoms with Gasteiger partial charge >= 0.3 is 0 Å². The summed E-state index contributed by atoms with van der Waals surface area (Å²) < 4.78 is 13.0. The summed E-state index contributed by atoms with van der Waals surface area (Å²) in [7, 11) is 0. The van der Waals surface area contributed by atoms with Gasteiger partial charge in [0.25, 0.3) is 0 Å². The van der Waals surface area contributed by atoms with Gasteiger partial charge in [0.2, 0.25) is 0 Å². The van der Waals surface area contributed by atoms with E-state index in [4.69, 9.17) is 12.2 Å². The molecule has 0 fully saturated rings. The van der Waals surface area contributed by atoms with Crippen LogP contribution in [-0.2, 0) is 0 Å². The molecule has 0 aliphatic heterocycles. The molecule has 0 aromatic heterocycles. The molecule has 3 aromatic carbocycles. The van der Waals surface area contributed by atoms with Crippen molar-refractivity contribution in [2.45, 2.75) is 12.8 Å². The molecule has 0 aliphatic carbocycles. The summed E-state index contributed by atoms with van der Waals surface area (Å²) in [6.45, 7) is 2.08. The molecule has 0 radical (unpaired) electrons. The molecule has 0 saturated carbocycles. The molecule has 0 bridgehead atoms. The fourth-order valence-corrected chi connectivity index (χ4v) is 2.80. The van der Waals surface area contributed by atoms with Crippen LogP contribution in [0.5, 0.6) is 0 Å². The Morgan fingerprint density at radius 1 is 0.955 bits per heavy atom. The largest absolute Gasteiger partial charge is 0.350 e. The molecular weight excluding hydrogens is 293 g/mol. The lowest BCUT2D eigenvalue weighted by atomic mass is 9.94. The van der Waals surface area contributed by atoms with Crippen LogP contribution in [0, 0.1) is 5.82 Å². The van der Waals surface area contributed by atoms with Gasteiger partial charge in [-0.3, -0.25) is 0 Å². The van der Waals surface area contributed by atoms with Gasteiger partial charge < -0.3 is 5.32 Å². The van der Waals surface area contributed by atoms with E-state index < -0.39 is 0 Å². The van der Waals surface area contributed by atoms with Crippen LogP contribution in [-0.4, -0.2) is 4.99 Å². The second-order valence-corrected chi connectivity index (χ2v) is 5.73. The lowest BCUT2D eigenvalue weighted by Crippen LogP contribution is -2.17. The lowest BCUT2D eigenvalue weighted by Gasteiger charge is -2.17. The topological polar surface area (TPSA) is 12.0 Å². The van der Waals surface area contributed by atoms with Gasteiger partial charge in [0.05, 0.1) is 4.99 Å². The first-order valence-corrected chi connectivity index (χ1v) is 7.60. The highest BCUT2D eigenvalue weighted by molar-refractivity contribution is 7.80. The van der Waals surface area contributed by atoms with E-state index in [1.807, 2.05) is 12.1 Å². The third-order valence-corrected chi connectivity index (χ3v) is 4.25. The number of benzene rings is 3. The van der Waals surface area contributed by atoms with Crippen LogP contribution in [0.3, 0.4) is 0 Å². The highest BCUT2D eigenvalue weighted by Gasteiger charge is 2.14. The summed E-state index contributed by atoms with van der Waals surface area (Å²) in [6, 6.07) is 20.8. The van der Waals surface area contributed by atoms with Crippen molar-refractivity contribution in [2.75, 3.05) is 5.32 Å². The van der Waals surface area contributed by atoms with Gasteiger partial charge in [-0.1, -0.05) is 61.6 Å². The highest BCUT2D eigenvalue weighted by Crippen LogP contribution is 2.27. The standard InChI is InChI=1S/C19H16FNS/c1-13(19(22)21-16-11-9-15(20)10-12-16)17-8-4-6-14-5-2-3-7-18(14)17/h2-13H,1H3,(H,21,22). The fourth-order valence-electron chi connectivity index (χ4n) is 2.55. The Labute approximate surface area is 134 Å². The minimum absolute atomic E-state index is 0.0751. The molecular formula is C19H16FNS. The highest BCUT2D eigenvalue weighted by atomic mass is 32.1. The van der Waals surface area contributed by atoms with Crippen LogP contribution in [0.4, 0.5) is 10.1 Å². The quantitative estimate of drug-likeness (QED) is 0.639. The van der Waals surface area contributed by atoms with Crippen LogP contribution in [0.25, 0.3) is 10.8 Å². The number of thiocarbonyl (C=S) groups is 1. The molecule has 0 spiro atoms. The number of fused-ring (bicyclic) bond motifs is 1. The van der Waals surface area contributed by atoms with Crippen molar-refractivity contribution >= 4 is 33.7 Å². The van der Waals surface area contributed by atoms with Crippen LogP contribution in [0.15, 0.2) is 66.7 Å². The van der Waals surface area contributed by atoms with Gasteiger partial charge in [0.1, 0.15) is 5.82 Å². The molecule has 1 atom stereocenters. The van der Waals surface area contributed by atoms with Crippen molar-refractivity contribution in [1.29, 1.82) is 0 Å². The Hall–Kier alpha value is -2.26. The average Bonchev–Trinajstić information content (AvgIpc) is 2.55. The van der Waals surface area contributed by atoms with E-state index >= 15 is 0 Å². The first-order valence-electron chi connectivity index (χ1n) is 7.19. The Kier molecular flexibility index (Phi) is 4.16. The molecule has 3 heteroatoms. The number of halogens is 1. The minimum atomic E-state index is -0.251. The molecule has 3 aromatic rings. The predicted octanol–water partition coefficient (Wildman–Crippen LogP) is 5.52. The van der Waals surface area contributed by atoms with E-state index in [0.29, 0.717) is 0 Å². The molecule has 0 saturated heterocycles. The normalized spacial score (nSPS) is 12.1. The first-order chi connectivity index (χ1) is 10.6. The van der Waals surface area contributed by atoms with Crippen molar-refractivity contribution in [3.8, 4) is 0 Å². The van der Waals surface area contributed by atoms with E-state index in [1.165, 1.54) is 28.5 Å². The number of nitrogens with one attached hydrogen (secondary N) is 1. The van der Waals surface area contributed by atoms with Crippen molar-refractivity contribution in [1.82, 2.24) is 0 Å². The van der Waals surface area contributed by atoms with Gasteiger partial charge in [-0.25, -0.2) is 4.39 Å². The van der Waals surface area contributed by atoms with E-state index in [9.17, 15) is 4.39 Å². The monoisotopic (exact) mass is 309 g/mol. The Bertz CT molecular complexity index is 806. The molecule has 1 nitrogen and oxygen atoms in total. The summed E-state index contributed by atoms with van der Waals surface area (Å²) in [5, 5.41) is 5.61. The van der Waals surface area contributed by atoms with Gasteiger partial charge in [-0.2, -0.15) is 0 Å². The summed E-state index contributed by atoms with van der Waals surface area (Å²) in [6.07, 6.45) is 0. The predicted molar refractivity (Wildman–Crippen MR) is 95.0 cm³/mol. The van der Waals surface area contributed by atoms with E-state index in [1.54, 1.807) is 12.1 Å². The molecule has 0 aliphatic rings. The van der Waals surface area contributed by atoms with E-state index in [-0.39, 0.29) is 11.7 Å². The number of rotatable bonds is 3. The molecule has 22 heavy (non-hydrogen) atoms. The third-order valence-electron chi connectivity index (χ3n) is 3.79. The zero-order chi connectivity index (χ0) is 15.5. The second kappa shape index (κ2) is 6.24. The molecule has 3 rings (SSSR count). The van der Waals surface area contributed by atoms with Crippen LogP contribution < -0.4 is 5.32 Å². The Morgan fingerprint density at radius 2 is 1.64 bits per heavy atom. The number of hydrogen-bond acceptors (Lipinski definition) is 1. The first kappa shape index (κ1) is 14.7. The molecule has 0 amide bonds. The number of anilines is 1. The molecule has 1 unspecified atom stereocenters. The van der Waals surface area contributed by atoms with Crippen molar-refractivity contribution in [3.05, 3.63) is 78.1 Å². The molecule has 1 N–H and O–H groups in total. The van der Waals surface area contributed by atoms with Crippen molar-refractivity contribution in [3.63, 3.8) is 0 Å².